The molecule has 4 rings (SSSR count). The van der Waals surface area contributed by atoms with Gasteiger partial charge in [-0.3, -0.25) is 4.99 Å². The van der Waals surface area contributed by atoms with Gasteiger partial charge in [0.15, 0.2) is 5.66 Å². The Balaban J connectivity index is 1.93. The van der Waals surface area contributed by atoms with E-state index in [2.05, 4.69) is 19.1 Å². The fraction of sp³-hybridized carbons (Fsp3) is 0.550. The molecular weight excluding hydrogens is 296 g/mol. The van der Waals surface area contributed by atoms with Gasteiger partial charge in [-0.2, -0.15) is 5.26 Å². The quantitative estimate of drug-likeness (QED) is 0.857. The van der Waals surface area contributed by atoms with Crippen molar-refractivity contribution in [3.05, 3.63) is 34.9 Å². The summed E-state index contributed by atoms with van der Waals surface area (Å²) in [6.07, 6.45) is 7.01. The third-order valence-electron chi connectivity index (χ3n) is 6.39. The van der Waals surface area contributed by atoms with Gasteiger partial charge in [-0.25, -0.2) is 4.99 Å². The minimum absolute atomic E-state index is 0.0186. The predicted molar refractivity (Wildman–Crippen MR) is 96.0 cm³/mol. The topological polar surface area (TPSA) is 74.5 Å². The summed E-state index contributed by atoms with van der Waals surface area (Å²) >= 11 is 0. The molecule has 3 aliphatic rings. The molecule has 0 bridgehead atoms. The second-order valence-corrected chi connectivity index (χ2v) is 7.68. The highest BCUT2D eigenvalue weighted by Crippen LogP contribution is 2.62. The van der Waals surface area contributed by atoms with E-state index in [1.165, 1.54) is 24.8 Å². The third kappa shape index (κ3) is 1.90. The van der Waals surface area contributed by atoms with Crippen LogP contribution in [-0.4, -0.2) is 11.5 Å². The Bertz CT molecular complexity index is 780. The molecule has 3 unspecified atom stereocenters. The van der Waals surface area contributed by atoms with Gasteiger partial charge in [-0.1, -0.05) is 32.3 Å². The fourth-order valence-electron chi connectivity index (χ4n) is 5.15. The number of hydrogen-bond acceptors (Lipinski definition) is 4. The van der Waals surface area contributed by atoms with Crippen LogP contribution < -0.4 is 5.73 Å². The highest BCUT2D eigenvalue weighted by Gasteiger charge is 2.60. The van der Waals surface area contributed by atoms with Crippen LogP contribution in [0.4, 0.5) is 0 Å². The van der Waals surface area contributed by atoms with Crippen molar-refractivity contribution in [2.75, 3.05) is 0 Å². The summed E-state index contributed by atoms with van der Waals surface area (Å²) in [5, 5.41) is 9.34. The van der Waals surface area contributed by atoms with Gasteiger partial charge in [-0.15, -0.1) is 0 Å². The van der Waals surface area contributed by atoms with E-state index in [1.54, 1.807) is 0 Å². The predicted octanol–water partition coefficient (Wildman–Crippen LogP) is 3.69. The van der Waals surface area contributed by atoms with Crippen molar-refractivity contribution in [3.8, 4) is 6.07 Å². The van der Waals surface area contributed by atoms with E-state index in [1.807, 2.05) is 19.1 Å². The van der Waals surface area contributed by atoms with Crippen molar-refractivity contribution in [3.63, 3.8) is 0 Å². The first-order chi connectivity index (χ1) is 11.5. The first kappa shape index (κ1) is 15.4. The van der Waals surface area contributed by atoms with E-state index in [0.717, 1.165) is 36.5 Å². The second kappa shape index (κ2) is 5.17. The normalized spacial score (nSPS) is 34.1. The average Bonchev–Trinajstić information content (AvgIpc) is 3.03. The van der Waals surface area contributed by atoms with Crippen molar-refractivity contribution >= 4 is 11.5 Å². The van der Waals surface area contributed by atoms with Gasteiger partial charge in [0, 0.05) is 11.0 Å². The van der Waals surface area contributed by atoms with Crippen LogP contribution in [-0.2, 0) is 12.1 Å². The number of benzene rings is 1. The zero-order chi connectivity index (χ0) is 16.9. The van der Waals surface area contributed by atoms with Gasteiger partial charge >= 0.3 is 0 Å². The number of fused-ring (bicyclic) bond motifs is 3. The Kier molecular flexibility index (Phi) is 3.32. The number of nitrogens with two attached hydrogens (primary N) is 1. The fourth-order valence-corrected chi connectivity index (χ4v) is 5.15. The maximum absolute atomic E-state index is 9.34. The summed E-state index contributed by atoms with van der Waals surface area (Å²) in [4.78, 5) is 9.99. The van der Waals surface area contributed by atoms with Gasteiger partial charge in [-0.05, 0) is 49.8 Å². The van der Waals surface area contributed by atoms with E-state index in [-0.39, 0.29) is 5.41 Å². The number of hydrogen-bond donors (Lipinski definition) is 1. The van der Waals surface area contributed by atoms with Crippen LogP contribution in [0.5, 0.6) is 0 Å². The Hall–Kier alpha value is -2.15. The standard InChI is InChI=1S/C20H24N4/c1-3-14-5-4-8-19(10-14)11-16-7-6-15(12-21)9-17(16)20(19)23-13(2)18(22)24-20/h6-7,9,14H,3-5,8,10-11H2,1-2H3,(H2,22,24). The van der Waals surface area contributed by atoms with Gasteiger partial charge in [0.05, 0.1) is 17.3 Å². The van der Waals surface area contributed by atoms with E-state index in [9.17, 15) is 5.26 Å². The lowest BCUT2D eigenvalue weighted by Gasteiger charge is -2.45. The van der Waals surface area contributed by atoms with Crippen LogP contribution >= 0.6 is 0 Å². The summed E-state index contributed by atoms with van der Waals surface area (Å²) in [5.41, 5.74) is 9.51. The maximum atomic E-state index is 9.34. The molecule has 1 fully saturated rings. The zero-order valence-electron chi connectivity index (χ0n) is 14.5. The molecule has 1 saturated carbocycles. The smallest absolute Gasteiger partial charge is 0.184 e. The van der Waals surface area contributed by atoms with Crippen LogP contribution in [0.15, 0.2) is 28.2 Å². The molecule has 0 radical (unpaired) electrons. The Morgan fingerprint density at radius 3 is 2.88 bits per heavy atom. The Labute approximate surface area is 143 Å². The molecule has 3 atom stereocenters. The molecule has 1 aliphatic heterocycles. The van der Waals surface area contributed by atoms with Crippen molar-refractivity contribution in [2.24, 2.45) is 27.1 Å². The molecule has 1 aromatic carbocycles. The molecule has 4 heteroatoms. The first-order valence-electron chi connectivity index (χ1n) is 8.99. The molecule has 2 aliphatic carbocycles. The molecule has 0 aromatic heterocycles. The second-order valence-electron chi connectivity index (χ2n) is 7.68. The number of amidine groups is 1. The van der Waals surface area contributed by atoms with Crippen LogP contribution in [0.25, 0.3) is 0 Å². The zero-order valence-corrected chi connectivity index (χ0v) is 14.5. The van der Waals surface area contributed by atoms with Gasteiger partial charge in [0.25, 0.3) is 0 Å². The Morgan fingerprint density at radius 2 is 2.21 bits per heavy atom. The lowest BCUT2D eigenvalue weighted by Crippen LogP contribution is -2.43. The van der Waals surface area contributed by atoms with Crippen LogP contribution in [0.1, 0.15) is 62.6 Å². The molecule has 24 heavy (non-hydrogen) atoms. The number of nitrogens with zero attached hydrogens (tertiary/aromatic N) is 3. The highest BCUT2D eigenvalue weighted by molar-refractivity contribution is 6.41. The van der Waals surface area contributed by atoms with Gasteiger partial charge in [0.2, 0.25) is 0 Å². The van der Waals surface area contributed by atoms with Gasteiger partial charge in [0.1, 0.15) is 5.84 Å². The largest absolute Gasteiger partial charge is 0.382 e. The van der Waals surface area contributed by atoms with Crippen LogP contribution in [0, 0.1) is 22.7 Å². The monoisotopic (exact) mass is 320 g/mol. The average molecular weight is 320 g/mol. The number of nitriles is 1. The van der Waals surface area contributed by atoms with Crippen molar-refractivity contribution in [1.82, 2.24) is 0 Å². The molecule has 0 amide bonds. The maximum Gasteiger partial charge on any atom is 0.184 e. The lowest BCUT2D eigenvalue weighted by atomic mass is 9.62. The van der Waals surface area contributed by atoms with Gasteiger partial charge < -0.3 is 5.73 Å². The molecule has 4 nitrogen and oxygen atoms in total. The molecule has 1 aromatic rings. The van der Waals surface area contributed by atoms with Crippen molar-refractivity contribution in [2.45, 2.75) is 58.0 Å². The molecular formula is C20H24N4. The van der Waals surface area contributed by atoms with E-state index in [0.29, 0.717) is 11.4 Å². The van der Waals surface area contributed by atoms with E-state index >= 15 is 0 Å². The molecule has 124 valence electrons. The lowest BCUT2D eigenvalue weighted by molar-refractivity contribution is 0.0596. The third-order valence-corrected chi connectivity index (χ3v) is 6.39. The summed E-state index contributed by atoms with van der Waals surface area (Å²) in [7, 11) is 0. The minimum Gasteiger partial charge on any atom is -0.382 e. The minimum atomic E-state index is -0.600. The summed E-state index contributed by atoms with van der Waals surface area (Å²) in [6.45, 7) is 4.24. The summed E-state index contributed by atoms with van der Waals surface area (Å²) in [6, 6.07) is 8.29. The molecule has 0 saturated heterocycles. The number of rotatable bonds is 1. The first-order valence-corrected chi connectivity index (χ1v) is 8.99. The summed E-state index contributed by atoms with van der Waals surface area (Å²) in [5.74, 6) is 1.29. The van der Waals surface area contributed by atoms with Crippen molar-refractivity contribution < 1.29 is 0 Å². The molecule has 1 heterocycles. The van der Waals surface area contributed by atoms with Crippen LogP contribution in [0.2, 0.25) is 0 Å². The summed E-state index contributed by atoms with van der Waals surface area (Å²) < 4.78 is 0. The van der Waals surface area contributed by atoms with E-state index < -0.39 is 5.66 Å². The highest BCUT2D eigenvalue weighted by atomic mass is 15.2. The van der Waals surface area contributed by atoms with Crippen molar-refractivity contribution in [1.29, 1.82) is 5.26 Å². The van der Waals surface area contributed by atoms with Crippen LogP contribution in [0.3, 0.4) is 0 Å². The Morgan fingerprint density at radius 1 is 1.38 bits per heavy atom. The van der Waals surface area contributed by atoms with E-state index in [4.69, 9.17) is 15.7 Å². The number of aliphatic imine (C=N–C) groups is 2. The molecule has 2 spiro atoms. The SMILES string of the molecule is CCC1CCCC2(Cc3ccc(C#N)cc3C23N=C(C)C(N)=N3)C1. The molecule has 2 N–H and O–H groups in total.